The van der Waals surface area contributed by atoms with Crippen LogP contribution in [0.25, 0.3) is 0 Å². The molecule has 172 valence electrons. The monoisotopic (exact) mass is 457 g/mol. The molecule has 3 aromatic heterocycles. The molecule has 0 aliphatic carbocycles. The van der Waals surface area contributed by atoms with E-state index in [2.05, 4.69) is 20.3 Å². The van der Waals surface area contributed by atoms with Crippen molar-refractivity contribution in [2.45, 2.75) is 39.3 Å². The van der Waals surface area contributed by atoms with E-state index in [9.17, 15) is 18.4 Å². The van der Waals surface area contributed by atoms with Crippen LogP contribution in [0.4, 0.5) is 14.6 Å². The maximum absolute atomic E-state index is 13.0. The van der Waals surface area contributed by atoms with Crippen LogP contribution < -0.4 is 10.1 Å². The Morgan fingerprint density at radius 1 is 1.33 bits per heavy atom. The number of aryl methyl sites for hydroxylation is 1. The molecule has 0 bridgehead atoms. The number of hydrogen-bond donors (Lipinski definition) is 1. The number of ether oxygens (including phenoxy) is 1. The molecule has 0 spiro atoms. The topological polar surface area (TPSA) is 110 Å². The summed E-state index contributed by atoms with van der Waals surface area (Å²) < 4.78 is 36.3. The van der Waals surface area contributed by atoms with Gasteiger partial charge >= 0.3 is 0 Å². The van der Waals surface area contributed by atoms with Gasteiger partial charge in [-0.05, 0) is 31.5 Å². The predicted octanol–water partition coefficient (Wildman–Crippen LogP) is 3.61. The highest BCUT2D eigenvalue weighted by atomic mass is 19.3. The van der Waals surface area contributed by atoms with Gasteiger partial charge in [-0.2, -0.15) is 0 Å². The Kier molecular flexibility index (Phi) is 6.03. The number of nitrogens with zero attached hydrogens (tertiary/aromatic N) is 4. The second-order valence-corrected chi connectivity index (χ2v) is 7.78. The van der Waals surface area contributed by atoms with Gasteiger partial charge in [0, 0.05) is 23.7 Å². The Hall–Kier alpha value is -3.89. The Labute approximate surface area is 187 Å². The van der Waals surface area contributed by atoms with E-state index in [1.54, 1.807) is 24.0 Å². The minimum absolute atomic E-state index is 0.0280. The average Bonchev–Trinajstić information content (AvgIpc) is 3.39. The van der Waals surface area contributed by atoms with Crippen LogP contribution in [0.3, 0.4) is 0 Å². The molecule has 4 rings (SSSR count). The number of anilines is 1. The van der Waals surface area contributed by atoms with Gasteiger partial charge in [0.05, 0.1) is 37.8 Å². The molecule has 1 aliphatic heterocycles. The fourth-order valence-electron chi connectivity index (χ4n) is 3.39. The Morgan fingerprint density at radius 2 is 2.15 bits per heavy atom. The van der Waals surface area contributed by atoms with Crippen molar-refractivity contribution in [1.29, 1.82) is 0 Å². The van der Waals surface area contributed by atoms with Crippen molar-refractivity contribution in [3.05, 3.63) is 65.3 Å². The second kappa shape index (κ2) is 8.93. The number of pyridine rings is 2. The van der Waals surface area contributed by atoms with Crippen molar-refractivity contribution in [3.63, 3.8) is 0 Å². The van der Waals surface area contributed by atoms with Crippen molar-refractivity contribution in [1.82, 2.24) is 19.9 Å². The fraction of sp³-hybridized carbons (Fsp3) is 0.318. The number of fused-ring (bicyclic) bond motifs is 1. The van der Waals surface area contributed by atoms with Gasteiger partial charge in [0.1, 0.15) is 11.6 Å². The van der Waals surface area contributed by atoms with E-state index in [0.29, 0.717) is 22.6 Å². The van der Waals surface area contributed by atoms with E-state index in [1.807, 2.05) is 0 Å². The van der Waals surface area contributed by atoms with E-state index in [4.69, 9.17) is 9.15 Å². The van der Waals surface area contributed by atoms with Crippen LogP contribution in [0.1, 0.15) is 51.1 Å². The van der Waals surface area contributed by atoms with Crippen LogP contribution in [0.2, 0.25) is 0 Å². The lowest BCUT2D eigenvalue weighted by Gasteiger charge is -2.17. The summed E-state index contributed by atoms with van der Waals surface area (Å²) in [5.41, 5.74) is 2.37. The fourth-order valence-corrected chi connectivity index (χ4v) is 3.39. The van der Waals surface area contributed by atoms with E-state index < -0.39 is 18.3 Å². The third-order valence-electron chi connectivity index (χ3n) is 5.08. The van der Waals surface area contributed by atoms with Gasteiger partial charge < -0.3 is 19.4 Å². The molecule has 0 fully saturated rings. The summed E-state index contributed by atoms with van der Waals surface area (Å²) in [6.07, 6.45) is 4.96. The molecule has 1 N–H and O–H groups in total. The van der Waals surface area contributed by atoms with E-state index in [1.165, 1.54) is 18.6 Å². The number of aromatic nitrogens is 3. The Morgan fingerprint density at radius 3 is 2.85 bits per heavy atom. The van der Waals surface area contributed by atoms with Crippen molar-refractivity contribution in [3.8, 4) is 5.75 Å². The first-order chi connectivity index (χ1) is 15.7. The summed E-state index contributed by atoms with van der Waals surface area (Å²) in [6, 6.07) is 3.35. The van der Waals surface area contributed by atoms with Crippen LogP contribution in [0, 0.1) is 6.92 Å². The van der Waals surface area contributed by atoms with E-state index >= 15 is 0 Å². The largest absolute Gasteiger partial charge is 0.491 e. The number of carbonyl (C=O) groups is 2. The summed E-state index contributed by atoms with van der Waals surface area (Å²) >= 11 is 0. The van der Waals surface area contributed by atoms with Crippen molar-refractivity contribution < 1.29 is 27.5 Å². The Balaban J connectivity index is 1.43. The standard InChI is InChI=1S/C22H21F2N5O4/c1-13-7-14(27-9-17(13)32-6-4-22(2,23)24)10-29-11-16-15(21(29)31)3-5-26-19(16)28-20(30)18-8-25-12-33-18/h3,5,7-9,12H,4,6,10-11H2,1-2H3,(H,26,28,30). The van der Waals surface area contributed by atoms with Crippen molar-refractivity contribution in [2.75, 3.05) is 11.9 Å². The van der Waals surface area contributed by atoms with Gasteiger partial charge in [-0.25, -0.2) is 18.7 Å². The van der Waals surface area contributed by atoms with Gasteiger partial charge in [0.15, 0.2) is 6.39 Å². The minimum atomic E-state index is -2.80. The molecule has 4 heterocycles. The van der Waals surface area contributed by atoms with Crippen LogP contribution >= 0.6 is 0 Å². The minimum Gasteiger partial charge on any atom is -0.491 e. The predicted molar refractivity (Wildman–Crippen MR) is 112 cm³/mol. The van der Waals surface area contributed by atoms with Crippen LogP contribution in [0.15, 0.2) is 41.5 Å². The highest BCUT2D eigenvalue weighted by molar-refractivity contribution is 6.04. The first kappa shape index (κ1) is 22.3. The van der Waals surface area contributed by atoms with Gasteiger partial charge in [-0.15, -0.1) is 0 Å². The molecule has 0 saturated carbocycles. The molecule has 0 atom stereocenters. The van der Waals surface area contributed by atoms with Gasteiger partial charge in [-0.3, -0.25) is 14.6 Å². The summed E-state index contributed by atoms with van der Waals surface area (Å²) in [7, 11) is 0. The molecule has 9 nitrogen and oxygen atoms in total. The number of nitrogens with one attached hydrogen (secondary N) is 1. The number of amides is 2. The number of alkyl halides is 2. The number of oxazole rings is 1. The third kappa shape index (κ3) is 5.13. The van der Waals surface area contributed by atoms with Crippen LogP contribution in [0.5, 0.6) is 5.75 Å². The Bertz CT molecular complexity index is 1180. The maximum Gasteiger partial charge on any atom is 0.294 e. The molecule has 3 aromatic rings. The van der Waals surface area contributed by atoms with E-state index in [0.717, 1.165) is 18.9 Å². The number of halogens is 2. The van der Waals surface area contributed by atoms with E-state index in [-0.39, 0.29) is 37.2 Å². The number of hydrogen-bond acceptors (Lipinski definition) is 7. The molecule has 0 unspecified atom stereocenters. The lowest BCUT2D eigenvalue weighted by atomic mass is 10.1. The summed E-state index contributed by atoms with van der Waals surface area (Å²) in [5, 5.41) is 2.65. The van der Waals surface area contributed by atoms with Crippen molar-refractivity contribution in [2.24, 2.45) is 0 Å². The summed E-state index contributed by atoms with van der Waals surface area (Å²) in [4.78, 5) is 39.0. The highest BCUT2D eigenvalue weighted by Crippen LogP contribution is 2.29. The van der Waals surface area contributed by atoms with Crippen molar-refractivity contribution >= 4 is 17.6 Å². The number of carbonyl (C=O) groups excluding carboxylic acids is 2. The zero-order valence-corrected chi connectivity index (χ0v) is 18.0. The second-order valence-electron chi connectivity index (χ2n) is 7.78. The molecule has 33 heavy (non-hydrogen) atoms. The quantitative estimate of drug-likeness (QED) is 0.550. The molecular formula is C22H21F2N5O4. The van der Waals surface area contributed by atoms with Gasteiger partial charge in [0.2, 0.25) is 11.7 Å². The number of rotatable bonds is 8. The zero-order chi connectivity index (χ0) is 23.6. The molecule has 0 radical (unpaired) electrons. The smallest absolute Gasteiger partial charge is 0.294 e. The summed E-state index contributed by atoms with van der Waals surface area (Å²) in [5.74, 6) is -2.82. The highest BCUT2D eigenvalue weighted by Gasteiger charge is 2.31. The van der Waals surface area contributed by atoms with Gasteiger partial charge in [-0.1, -0.05) is 0 Å². The average molecular weight is 457 g/mol. The van der Waals surface area contributed by atoms with Crippen LogP contribution in [-0.4, -0.2) is 44.2 Å². The van der Waals surface area contributed by atoms with Gasteiger partial charge in [0.25, 0.3) is 11.8 Å². The van der Waals surface area contributed by atoms with Crippen LogP contribution in [-0.2, 0) is 13.1 Å². The zero-order valence-electron chi connectivity index (χ0n) is 18.0. The molecule has 11 heteroatoms. The lowest BCUT2D eigenvalue weighted by molar-refractivity contribution is 0.000736. The first-order valence-corrected chi connectivity index (χ1v) is 10.1. The SMILES string of the molecule is Cc1cc(CN2Cc3c(ccnc3NC(=O)c3cnco3)C2=O)ncc1OCCC(C)(F)F. The molecule has 0 saturated heterocycles. The first-order valence-electron chi connectivity index (χ1n) is 10.1. The third-order valence-corrected chi connectivity index (χ3v) is 5.08. The maximum atomic E-state index is 13.0. The normalized spacial score (nSPS) is 13.2. The molecule has 0 aromatic carbocycles. The molecule has 2 amide bonds. The molecule has 1 aliphatic rings. The molecular weight excluding hydrogens is 436 g/mol. The summed E-state index contributed by atoms with van der Waals surface area (Å²) in [6.45, 7) is 2.96. The lowest BCUT2D eigenvalue weighted by Crippen LogP contribution is -2.24.